The minimum Gasteiger partial charge on any atom is -0.262 e. The SMILES string of the molecule is N#CCc1nc(C2CCCCCCC2)n[nH]1. The molecule has 1 saturated carbocycles. The third kappa shape index (κ3) is 2.82. The maximum atomic E-state index is 8.58. The number of nitrogens with one attached hydrogen (secondary N) is 1. The van der Waals surface area contributed by atoms with E-state index in [1.807, 2.05) is 0 Å². The van der Waals surface area contributed by atoms with Gasteiger partial charge in [-0.2, -0.15) is 10.4 Å². The molecule has 0 radical (unpaired) electrons. The van der Waals surface area contributed by atoms with Crippen molar-refractivity contribution >= 4 is 0 Å². The predicted octanol–water partition coefficient (Wildman–Crippen LogP) is 2.70. The van der Waals surface area contributed by atoms with E-state index < -0.39 is 0 Å². The molecule has 2 rings (SSSR count). The Balaban J connectivity index is 2.00. The molecule has 86 valence electrons. The van der Waals surface area contributed by atoms with E-state index in [9.17, 15) is 0 Å². The molecule has 4 heteroatoms. The molecule has 1 fully saturated rings. The third-order valence-electron chi connectivity index (χ3n) is 3.27. The van der Waals surface area contributed by atoms with Gasteiger partial charge in [0.2, 0.25) is 0 Å². The maximum Gasteiger partial charge on any atom is 0.153 e. The Bertz CT molecular complexity index is 355. The van der Waals surface area contributed by atoms with Crippen molar-refractivity contribution < 1.29 is 0 Å². The van der Waals surface area contributed by atoms with Crippen molar-refractivity contribution in [2.45, 2.75) is 57.3 Å². The molecule has 1 heterocycles. The van der Waals surface area contributed by atoms with Crippen LogP contribution in [0.25, 0.3) is 0 Å². The van der Waals surface area contributed by atoms with Crippen LogP contribution in [0.2, 0.25) is 0 Å². The summed E-state index contributed by atoms with van der Waals surface area (Å²) in [5.41, 5.74) is 0. The van der Waals surface area contributed by atoms with Crippen molar-refractivity contribution in [2.75, 3.05) is 0 Å². The monoisotopic (exact) mass is 218 g/mol. The molecule has 16 heavy (non-hydrogen) atoms. The summed E-state index contributed by atoms with van der Waals surface area (Å²) in [6.07, 6.45) is 9.35. The molecule has 0 aromatic carbocycles. The van der Waals surface area contributed by atoms with E-state index in [0.29, 0.717) is 18.2 Å². The zero-order valence-electron chi connectivity index (χ0n) is 9.58. The second-order valence-electron chi connectivity index (χ2n) is 4.52. The molecular formula is C12H18N4. The lowest BCUT2D eigenvalue weighted by atomic mass is 9.91. The van der Waals surface area contributed by atoms with E-state index >= 15 is 0 Å². The summed E-state index contributed by atoms with van der Waals surface area (Å²) in [4.78, 5) is 4.41. The number of hydrogen-bond acceptors (Lipinski definition) is 3. The minimum atomic E-state index is 0.333. The number of aromatic amines is 1. The molecular weight excluding hydrogens is 200 g/mol. The molecule has 1 aliphatic rings. The molecule has 1 aromatic heterocycles. The quantitative estimate of drug-likeness (QED) is 0.830. The number of hydrogen-bond donors (Lipinski definition) is 1. The lowest BCUT2D eigenvalue weighted by molar-refractivity contribution is 0.443. The van der Waals surface area contributed by atoms with Gasteiger partial charge in [-0.1, -0.05) is 32.1 Å². The summed E-state index contributed by atoms with van der Waals surface area (Å²) >= 11 is 0. The fraction of sp³-hybridized carbons (Fsp3) is 0.750. The molecule has 0 spiro atoms. The van der Waals surface area contributed by atoms with Gasteiger partial charge in [0.05, 0.1) is 12.5 Å². The van der Waals surface area contributed by atoms with Crippen LogP contribution in [0.3, 0.4) is 0 Å². The molecule has 0 saturated heterocycles. The summed E-state index contributed by atoms with van der Waals surface area (Å²) < 4.78 is 0. The smallest absolute Gasteiger partial charge is 0.153 e. The molecule has 0 aliphatic heterocycles. The van der Waals surface area contributed by atoms with Gasteiger partial charge in [-0.3, -0.25) is 5.10 Å². The van der Waals surface area contributed by atoms with Gasteiger partial charge in [0.15, 0.2) is 5.82 Å². The molecule has 4 nitrogen and oxygen atoms in total. The largest absolute Gasteiger partial charge is 0.262 e. The van der Waals surface area contributed by atoms with Crippen LogP contribution >= 0.6 is 0 Å². The normalized spacial score (nSPS) is 18.7. The Morgan fingerprint density at radius 1 is 1.19 bits per heavy atom. The third-order valence-corrected chi connectivity index (χ3v) is 3.27. The van der Waals surface area contributed by atoms with E-state index in [4.69, 9.17) is 5.26 Å². The maximum absolute atomic E-state index is 8.58. The second kappa shape index (κ2) is 5.64. The Labute approximate surface area is 96.1 Å². The lowest BCUT2D eigenvalue weighted by Gasteiger charge is -2.16. The zero-order valence-corrected chi connectivity index (χ0v) is 9.58. The zero-order chi connectivity index (χ0) is 11.2. The summed E-state index contributed by atoms with van der Waals surface area (Å²) in [5.74, 6) is 2.13. The molecule has 1 aliphatic carbocycles. The fourth-order valence-corrected chi connectivity index (χ4v) is 2.36. The van der Waals surface area contributed by atoms with Crippen LogP contribution in [0, 0.1) is 11.3 Å². The standard InChI is InChI=1S/C12H18N4/c13-9-8-11-14-12(16-15-11)10-6-4-2-1-3-5-7-10/h10H,1-8H2,(H,14,15,16). The van der Waals surface area contributed by atoms with E-state index in [2.05, 4.69) is 21.3 Å². The van der Waals surface area contributed by atoms with Crippen LogP contribution in [-0.4, -0.2) is 15.2 Å². The van der Waals surface area contributed by atoms with Crippen molar-refractivity contribution in [1.29, 1.82) is 5.26 Å². The van der Waals surface area contributed by atoms with Crippen molar-refractivity contribution in [1.82, 2.24) is 15.2 Å². The summed E-state index contributed by atoms with van der Waals surface area (Å²) in [6, 6.07) is 2.09. The van der Waals surface area contributed by atoms with Crippen molar-refractivity contribution in [3.63, 3.8) is 0 Å². The van der Waals surface area contributed by atoms with E-state index in [1.54, 1.807) is 0 Å². The Hall–Kier alpha value is -1.37. The van der Waals surface area contributed by atoms with Gasteiger partial charge in [-0.15, -0.1) is 0 Å². The molecule has 1 N–H and O–H groups in total. The van der Waals surface area contributed by atoms with Crippen LogP contribution in [0.1, 0.15) is 62.5 Å². The highest BCUT2D eigenvalue weighted by atomic mass is 15.2. The molecule has 0 unspecified atom stereocenters. The van der Waals surface area contributed by atoms with Gasteiger partial charge in [0, 0.05) is 5.92 Å². The second-order valence-corrected chi connectivity index (χ2v) is 4.52. The van der Waals surface area contributed by atoms with Crippen molar-refractivity contribution in [3.05, 3.63) is 11.6 Å². The summed E-state index contributed by atoms with van der Waals surface area (Å²) in [7, 11) is 0. The van der Waals surface area contributed by atoms with Gasteiger partial charge in [-0.25, -0.2) is 4.98 Å². The number of rotatable bonds is 2. The van der Waals surface area contributed by atoms with Crippen LogP contribution in [0.15, 0.2) is 0 Å². The fourth-order valence-electron chi connectivity index (χ4n) is 2.36. The highest BCUT2D eigenvalue weighted by molar-refractivity contribution is 5.01. The first-order valence-corrected chi connectivity index (χ1v) is 6.18. The topological polar surface area (TPSA) is 65.4 Å². The van der Waals surface area contributed by atoms with E-state index in [-0.39, 0.29) is 0 Å². The highest BCUT2D eigenvalue weighted by Gasteiger charge is 2.17. The summed E-state index contributed by atoms with van der Waals surface area (Å²) in [6.45, 7) is 0. The van der Waals surface area contributed by atoms with E-state index in [0.717, 1.165) is 5.82 Å². The molecule has 0 amide bonds. The number of nitriles is 1. The average molecular weight is 218 g/mol. The van der Waals surface area contributed by atoms with Crippen LogP contribution < -0.4 is 0 Å². The first-order valence-electron chi connectivity index (χ1n) is 6.18. The van der Waals surface area contributed by atoms with Gasteiger partial charge >= 0.3 is 0 Å². The van der Waals surface area contributed by atoms with Crippen LogP contribution in [0.4, 0.5) is 0 Å². The highest BCUT2D eigenvalue weighted by Crippen LogP contribution is 2.28. The average Bonchev–Trinajstić information content (AvgIpc) is 2.66. The van der Waals surface area contributed by atoms with Gasteiger partial charge in [-0.05, 0) is 12.8 Å². The van der Waals surface area contributed by atoms with Gasteiger partial charge in [0.1, 0.15) is 5.82 Å². The molecule has 0 bridgehead atoms. The Morgan fingerprint density at radius 3 is 2.56 bits per heavy atom. The summed E-state index contributed by atoms with van der Waals surface area (Å²) in [5, 5.41) is 15.7. The first-order chi connectivity index (χ1) is 7.90. The van der Waals surface area contributed by atoms with Crippen molar-refractivity contribution in [3.8, 4) is 6.07 Å². The van der Waals surface area contributed by atoms with Gasteiger partial charge < -0.3 is 0 Å². The molecule has 0 atom stereocenters. The first kappa shape index (κ1) is 11.1. The lowest BCUT2D eigenvalue weighted by Crippen LogP contribution is -2.04. The van der Waals surface area contributed by atoms with Crippen LogP contribution in [-0.2, 0) is 6.42 Å². The molecule has 1 aromatic rings. The predicted molar refractivity (Wildman–Crippen MR) is 60.8 cm³/mol. The number of aromatic nitrogens is 3. The minimum absolute atomic E-state index is 0.333. The Morgan fingerprint density at radius 2 is 1.88 bits per heavy atom. The van der Waals surface area contributed by atoms with Crippen LogP contribution in [0.5, 0.6) is 0 Å². The number of H-pyrrole nitrogens is 1. The Kier molecular flexibility index (Phi) is 3.92. The van der Waals surface area contributed by atoms with Crippen molar-refractivity contribution in [2.24, 2.45) is 0 Å². The van der Waals surface area contributed by atoms with Gasteiger partial charge in [0.25, 0.3) is 0 Å². The number of nitrogens with zero attached hydrogens (tertiary/aromatic N) is 3. The van der Waals surface area contributed by atoms with E-state index in [1.165, 1.54) is 44.9 Å².